The van der Waals surface area contributed by atoms with E-state index in [9.17, 15) is 18.8 Å². The number of likely N-dealkylation sites (tertiary alicyclic amines) is 1. The average molecular weight is 381 g/mol. The summed E-state index contributed by atoms with van der Waals surface area (Å²) < 4.78 is 19.6. The second kappa shape index (κ2) is 5.79. The second-order valence-electron chi connectivity index (χ2n) is 7.08. The molecule has 3 aliphatic rings. The summed E-state index contributed by atoms with van der Waals surface area (Å²) in [4.78, 5) is 38.3. The molecule has 28 heavy (non-hydrogen) atoms. The van der Waals surface area contributed by atoms with Gasteiger partial charge in [0.2, 0.25) is 0 Å². The molecular weight excluding hydrogens is 365 g/mol. The number of urea groups is 1. The van der Waals surface area contributed by atoms with Crippen molar-refractivity contribution >= 4 is 17.8 Å². The zero-order valence-electron chi connectivity index (χ0n) is 14.8. The Morgan fingerprint density at radius 2 is 1.93 bits per heavy atom. The highest BCUT2D eigenvalue weighted by Crippen LogP contribution is 2.50. The minimum atomic E-state index is -1.46. The summed E-state index contributed by atoms with van der Waals surface area (Å²) in [6.07, 6.45) is 1.01. The SMILES string of the molecule is O=C1NC(=O)C2(N1)c1ccc(OCC(=O)N3CCC3)cc1-c1ccc(F)cc12. The Bertz CT molecular complexity index is 1050. The van der Waals surface area contributed by atoms with Crippen LogP contribution in [0.25, 0.3) is 11.1 Å². The monoisotopic (exact) mass is 381 g/mol. The van der Waals surface area contributed by atoms with Gasteiger partial charge in [0.25, 0.3) is 11.8 Å². The lowest BCUT2D eigenvalue weighted by molar-refractivity contribution is -0.136. The van der Waals surface area contributed by atoms with E-state index in [1.54, 1.807) is 29.2 Å². The molecule has 5 rings (SSSR count). The van der Waals surface area contributed by atoms with E-state index in [4.69, 9.17) is 4.74 Å². The van der Waals surface area contributed by atoms with Crippen LogP contribution >= 0.6 is 0 Å². The highest BCUT2D eigenvalue weighted by atomic mass is 19.1. The topological polar surface area (TPSA) is 87.7 Å². The number of imide groups is 1. The number of nitrogens with zero attached hydrogens (tertiary/aromatic N) is 1. The molecule has 4 amide bonds. The van der Waals surface area contributed by atoms with Crippen molar-refractivity contribution in [2.75, 3.05) is 19.7 Å². The van der Waals surface area contributed by atoms with E-state index in [0.29, 0.717) is 28.0 Å². The molecule has 1 aliphatic carbocycles. The van der Waals surface area contributed by atoms with Crippen LogP contribution in [-0.2, 0) is 15.1 Å². The van der Waals surface area contributed by atoms with Crippen LogP contribution in [0.3, 0.4) is 0 Å². The van der Waals surface area contributed by atoms with Crippen molar-refractivity contribution in [1.82, 2.24) is 15.5 Å². The number of carbonyl (C=O) groups excluding carboxylic acids is 3. The number of nitrogens with one attached hydrogen (secondary N) is 2. The number of hydrogen-bond acceptors (Lipinski definition) is 4. The summed E-state index contributed by atoms with van der Waals surface area (Å²) >= 11 is 0. The predicted octanol–water partition coefficient (Wildman–Crippen LogP) is 1.50. The van der Waals surface area contributed by atoms with E-state index in [1.165, 1.54) is 12.1 Å². The molecule has 8 heteroatoms. The first-order chi connectivity index (χ1) is 13.5. The van der Waals surface area contributed by atoms with Crippen molar-refractivity contribution in [3.8, 4) is 16.9 Å². The summed E-state index contributed by atoms with van der Waals surface area (Å²) in [5, 5.41) is 4.89. The molecule has 0 aromatic heterocycles. The maximum Gasteiger partial charge on any atom is 0.322 e. The van der Waals surface area contributed by atoms with Gasteiger partial charge in [-0.2, -0.15) is 0 Å². The molecule has 2 aliphatic heterocycles. The fraction of sp³-hybridized carbons (Fsp3) is 0.250. The normalized spacial score (nSPS) is 21.7. The maximum atomic E-state index is 13.9. The van der Waals surface area contributed by atoms with Crippen LogP contribution in [0.1, 0.15) is 17.5 Å². The molecule has 2 aromatic carbocycles. The molecule has 2 saturated heterocycles. The lowest BCUT2D eigenvalue weighted by atomic mass is 9.87. The lowest BCUT2D eigenvalue weighted by Gasteiger charge is -2.30. The van der Waals surface area contributed by atoms with E-state index < -0.39 is 23.3 Å². The van der Waals surface area contributed by atoms with Crippen molar-refractivity contribution in [1.29, 1.82) is 0 Å². The molecule has 1 spiro atoms. The summed E-state index contributed by atoms with van der Waals surface area (Å²) in [7, 11) is 0. The third-order valence-electron chi connectivity index (χ3n) is 5.51. The number of hydrogen-bond donors (Lipinski definition) is 2. The molecule has 2 aromatic rings. The number of fused-ring (bicyclic) bond motifs is 5. The molecule has 1 atom stereocenters. The van der Waals surface area contributed by atoms with E-state index in [2.05, 4.69) is 10.6 Å². The Kier molecular flexibility index (Phi) is 3.46. The fourth-order valence-corrected chi connectivity index (χ4v) is 4.01. The van der Waals surface area contributed by atoms with Crippen LogP contribution in [0.15, 0.2) is 36.4 Å². The van der Waals surface area contributed by atoms with Gasteiger partial charge in [0, 0.05) is 18.7 Å². The first kappa shape index (κ1) is 16.7. The Hall–Kier alpha value is -3.42. The number of carbonyl (C=O) groups is 3. The van der Waals surface area contributed by atoms with Crippen molar-refractivity contribution in [2.24, 2.45) is 0 Å². The second-order valence-corrected chi connectivity index (χ2v) is 7.08. The van der Waals surface area contributed by atoms with Crippen LogP contribution in [0, 0.1) is 5.82 Å². The van der Waals surface area contributed by atoms with E-state index in [0.717, 1.165) is 19.5 Å². The van der Waals surface area contributed by atoms with Gasteiger partial charge < -0.3 is 15.0 Å². The van der Waals surface area contributed by atoms with Gasteiger partial charge in [-0.3, -0.25) is 14.9 Å². The smallest absolute Gasteiger partial charge is 0.322 e. The number of rotatable bonds is 3. The largest absolute Gasteiger partial charge is 0.484 e. The molecule has 2 fully saturated rings. The molecule has 0 radical (unpaired) electrons. The van der Waals surface area contributed by atoms with Crippen LogP contribution in [0.4, 0.5) is 9.18 Å². The number of halogens is 1. The first-order valence-electron chi connectivity index (χ1n) is 8.98. The predicted molar refractivity (Wildman–Crippen MR) is 96.0 cm³/mol. The maximum absolute atomic E-state index is 13.9. The van der Waals surface area contributed by atoms with Gasteiger partial charge in [-0.1, -0.05) is 12.1 Å². The van der Waals surface area contributed by atoms with Crippen molar-refractivity contribution in [3.63, 3.8) is 0 Å². The lowest BCUT2D eigenvalue weighted by Crippen LogP contribution is -2.44. The highest BCUT2D eigenvalue weighted by Gasteiger charge is 2.55. The van der Waals surface area contributed by atoms with Gasteiger partial charge in [0.1, 0.15) is 11.6 Å². The number of amides is 4. The van der Waals surface area contributed by atoms with Crippen LogP contribution in [0.5, 0.6) is 5.75 Å². The van der Waals surface area contributed by atoms with E-state index in [-0.39, 0.29) is 12.5 Å². The van der Waals surface area contributed by atoms with Crippen LogP contribution < -0.4 is 15.4 Å². The molecule has 0 bridgehead atoms. The van der Waals surface area contributed by atoms with Gasteiger partial charge in [-0.05, 0) is 47.4 Å². The number of ether oxygens (including phenoxy) is 1. The zero-order valence-corrected chi connectivity index (χ0v) is 14.8. The Balaban J connectivity index is 1.54. The van der Waals surface area contributed by atoms with E-state index in [1.807, 2.05) is 0 Å². The molecule has 7 nitrogen and oxygen atoms in total. The van der Waals surface area contributed by atoms with Gasteiger partial charge >= 0.3 is 6.03 Å². The van der Waals surface area contributed by atoms with Crippen LogP contribution in [0.2, 0.25) is 0 Å². The summed E-state index contributed by atoms with van der Waals surface area (Å²) in [6.45, 7) is 1.43. The minimum absolute atomic E-state index is 0.0720. The van der Waals surface area contributed by atoms with Gasteiger partial charge in [-0.15, -0.1) is 0 Å². The third-order valence-corrected chi connectivity index (χ3v) is 5.51. The quantitative estimate of drug-likeness (QED) is 0.789. The Morgan fingerprint density at radius 1 is 1.11 bits per heavy atom. The Labute approximate surface area is 159 Å². The van der Waals surface area contributed by atoms with E-state index >= 15 is 0 Å². The van der Waals surface area contributed by atoms with Crippen molar-refractivity contribution in [3.05, 3.63) is 53.3 Å². The molecule has 2 N–H and O–H groups in total. The molecule has 142 valence electrons. The molecule has 0 saturated carbocycles. The minimum Gasteiger partial charge on any atom is -0.484 e. The highest BCUT2D eigenvalue weighted by molar-refractivity contribution is 6.13. The average Bonchev–Trinajstić information content (AvgIpc) is 3.06. The zero-order chi connectivity index (χ0) is 19.5. The third kappa shape index (κ3) is 2.24. The van der Waals surface area contributed by atoms with Gasteiger partial charge in [0.05, 0.1) is 0 Å². The summed E-state index contributed by atoms with van der Waals surface area (Å²) in [5.74, 6) is -0.668. The standard InChI is InChI=1S/C20H16FN3O4/c21-11-2-4-13-14-9-12(28-10-17(25)24-6-1-7-24)3-5-15(14)20(16(13)8-11)18(26)22-19(27)23-20/h2-5,8-9H,1,6-7,10H2,(H2,22,23,26,27). The number of benzene rings is 2. The summed E-state index contributed by atoms with van der Waals surface area (Å²) in [6, 6.07) is 8.53. The van der Waals surface area contributed by atoms with Crippen molar-refractivity contribution in [2.45, 2.75) is 12.0 Å². The molecule has 2 heterocycles. The fourth-order valence-electron chi connectivity index (χ4n) is 4.01. The Morgan fingerprint density at radius 3 is 2.61 bits per heavy atom. The van der Waals surface area contributed by atoms with Gasteiger partial charge in [0.15, 0.2) is 12.1 Å². The van der Waals surface area contributed by atoms with Crippen LogP contribution in [-0.4, -0.2) is 42.4 Å². The first-order valence-corrected chi connectivity index (χ1v) is 8.98. The summed E-state index contributed by atoms with van der Waals surface area (Å²) in [5.41, 5.74) is 0.738. The molecular formula is C20H16FN3O4. The van der Waals surface area contributed by atoms with Gasteiger partial charge in [-0.25, -0.2) is 9.18 Å². The molecule has 1 unspecified atom stereocenters. The van der Waals surface area contributed by atoms with Crippen molar-refractivity contribution < 1.29 is 23.5 Å².